The smallest absolute Gasteiger partial charge is 0.305 e. The zero-order valence-corrected chi connectivity index (χ0v) is 11.8. The molecule has 0 saturated heterocycles. The summed E-state index contributed by atoms with van der Waals surface area (Å²) in [7, 11) is 0. The van der Waals surface area contributed by atoms with Gasteiger partial charge in [0.15, 0.2) is 0 Å². The van der Waals surface area contributed by atoms with E-state index in [2.05, 4.69) is 10.6 Å². The number of rotatable bonds is 7. The van der Waals surface area contributed by atoms with Crippen molar-refractivity contribution in [3.63, 3.8) is 0 Å². The highest BCUT2D eigenvalue weighted by Gasteiger charge is 2.27. The van der Waals surface area contributed by atoms with Crippen LogP contribution < -0.4 is 16.4 Å². The topological polar surface area (TPSA) is 122 Å². The molecule has 7 heteroatoms. The third-order valence-electron chi connectivity index (χ3n) is 2.41. The molecule has 0 spiro atoms. The number of carbonyl (C=O) groups excluding carboxylic acids is 2. The second-order valence-corrected chi connectivity index (χ2v) is 5.10. The standard InChI is InChI=1S/C12H23N3O4/c1-6(2)10(12(19)14-7(3)4)15-11(18)8(13)5-9(16)17/h6-8,10H,5,13H2,1-4H3,(H,14,19)(H,15,18)(H,16,17)/t8-,10-/m0/s1. The molecule has 2 amide bonds. The van der Waals surface area contributed by atoms with Gasteiger partial charge in [-0.3, -0.25) is 14.4 Å². The van der Waals surface area contributed by atoms with E-state index in [9.17, 15) is 14.4 Å². The molecule has 0 aliphatic carbocycles. The molecule has 7 nitrogen and oxygen atoms in total. The molecule has 0 saturated carbocycles. The number of carboxylic acids is 1. The number of carboxylic acid groups (broad SMARTS) is 1. The van der Waals surface area contributed by atoms with Crippen molar-refractivity contribution >= 4 is 17.8 Å². The van der Waals surface area contributed by atoms with Crippen LogP contribution in [-0.2, 0) is 14.4 Å². The molecule has 0 unspecified atom stereocenters. The van der Waals surface area contributed by atoms with Gasteiger partial charge in [-0.1, -0.05) is 13.8 Å². The molecule has 0 heterocycles. The van der Waals surface area contributed by atoms with E-state index in [1.54, 1.807) is 13.8 Å². The van der Waals surface area contributed by atoms with Gasteiger partial charge >= 0.3 is 5.97 Å². The Morgan fingerprint density at radius 2 is 1.58 bits per heavy atom. The van der Waals surface area contributed by atoms with Gasteiger partial charge in [-0.15, -0.1) is 0 Å². The molecular formula is C12H23N3O4. The third-order valence-corrected chi connectivity index (χ3v) is 2.41. The highest BCUT2D eigenvalue weighted by molar-refractivity contribution is 5.91. The van der Waals surface area contributed by atoms with Gasteiger partial charge in [-0.25, -0.2) is 0 Å². The second kappa shape index (κ2) is 7.73. The van der Waals surface area contributed by atoms with Crippen LogP contribution in [0, 0.1) is 5.92 Å². The van der Waals surface area contributed by atoms with E-state index in [1.807, 2.05) is 13.8 Å². The van der Waals surface area contributed by atoms with E-state index in [0.717, 1.165) is 0 Å². The molecule has 0 fully saturated rings. The molecule has 0 aromatic rings. The van der Waals surface area contributed by atoms with E-state index in [4.69, 9.17) is 10.8 Å². The van der Waals surface area contributed by atoms with Crippen LogP contribution in [0.15, 0.2) is 0 Å². The first-order valence-electron chi connectivity index (χ1n) is 6.23. The lowest BCUT2D eigenvalue weighted by Gasteiger charge is -2.24. The summed E-state index contributed by atoms with van der Waals surface area (Å²) in [4.78, 5) is 34.1. The van der Waals surface area contributed by atoms with Gasteiger partial charge in [0.2, 0.25) is 11.8 Å². The summed E-state index contributed by atoms with van der Waals surface area (Å²) >= 11 is 0. The van der Waals surface area contributed by atoms with Crippen molar-refractivity contribution in [2.24, 2.45) is 11.7 Å². The number of carbonyl (C=O) groups is 3. The largest absolute Gasteiger partial charge is 0.481 e. The molecule has 110 valence electrons. The minimum absolute atomic E-state index is 0.0432. The van der Waals surface area contributed by atoms with Crippen LogP contribution in [0.1, 0.15) is 34.1 Å². The Morgan fingerprint density at radius 1 is 1.05 bits per heavy atom. The van der Waals surface area contributed by atoms with Gasteiger partial charge in [0.25, 0.3) is 0 Å². The van der Waals surface area contributed by atoms with Crippen LogP contribution in [0.5, 0.6) is 0 Å². The number of aliphatic carboxylic acids is 1. The summed E-state index contributed by atoms with van der Waals surface area (Å²) in [5.74, 6) is -2.23. The summed E-state index contributed by atoms with van der Waals surface area (Å²) in [6.45, 7) is 7.20. The van der Waals surface area contributed by atoms with Crippen molar-refractivity contribution in [3.8, 4) is 0 Å². The van der Waals surface area contributed by atoms with Crippen molar-refractivity contribution in [2.45, 2.75) is 52.2 Å². The van der Waals surface area contributed by atoms with Crippen LogP contribution in [-0.4, -0.2) is 41.0 Å². The minimum Gasteiger partial charge on any atom is -0.481 e. The highest BCUT2D eigenvalue weighted by atomic mass is 16.4. The number of hydrogen-bond acceptors (Lipinski definition) is 4. The maximum atomic E-state index is 11.9. The average Bonchev–Trinajstić information content (AvgIpc) is 2.22. The molecule has 19 heavy (non-hydrogen) atoms. The first kappa shape index (κ1) is 17.4. The Bertz CT molecular complexity index is 342. The molecule has 0 aliphatic rings. The van der Waals surface area contributed by atoms with Crippen molar-refractivity contribution in [3.05, 3.63) is 0 Å². The van der Waals surface area contributed by atoms with Crippen LogP contribution in [0.3, 0.4) is 0 Å². The van der Waals surface area contributed by atoms with Gasteiger partial charge in [0, 0.05) is 6.04 Å². The predicted octanol–water partition coefficient (Wildman–Crippen LogP) is -0.546. The van der Waals surface area contributed by atoms with E-state index in [1.165, 1.54) is 0 Å². The first-order chi connectivity index (χ1) is 8.65. The number of amides is 2. The summed E-state index contributed by atoms with van der Waals surface area (Å²) in [5, 5.41) is 13.8. The Kier molecular flexibility index (Phi) is 7.06. The number of nitrogens with one attached hydrogen (secondary N) is 2. The lowest BCUT2D eigenvalue weighted by atomic mass is 10.0. The van der Waals surface area contributed by atoms with Crippen LogP contribution in [0.4, 0.5) is 0 Å². The van der Waals surface area contributed by atoms with Crippen LogP contribution >= 0.6 is 0 Å². The first-order valence-corrected chi connectivity index (χ1v) is 6.23. The fraction of sp³-hybridized carbons (Fsp3) is 0.750. The van der Waals surface area contributed by atoms with Crippen LogP contribution in [0.25, 0.3) is 0 Å². The Labute approximate surface area is 112 Å². The summed E-state index contributed by atoms with van der Waals surface area (Å²) in [6, 6.07) is -1.93. The Balaban J connectivity index is 4.62. The third kappa shape index (κ3) is 6.76. The molecular weight excluding hydrogens is 250 g/mol. The number of hydrogen-bond donors (Lipinski definition) is 4. The lowest BCUT2D eigenvalue weighted by Crippen LogP contribution is -2.55. The predicted molar refractivity (Wildman–Crippen MR) is 70.3 cm³/mol. The van der Waals surface area contributed by atoms with Gasteiger partial charge in [-0.2, -0.15) is 0 Å². The van der Waals surface area contributed by atoms with E-state index in [-0.39, 0.29) is 17.9 Å². The number of nitrogens with two attached hydrogens (primary N) is 1. The van der Waals surface area contributed by atoms with Gasteiger partial charge in [0.05, 0.1) is 12.5 Å². The van der Waals surface area contributed by atoms with Crippen molar-refractivity contribution in [2.75, 3.05) is 0 Å². The monoisotopic (exact) mass is 273 g/mol. The summed E-state index contributed by atoms with van der Waals surface area (Å²) in [6.07, 6.45) is -0.470. The fourth-order valence-electron chi connectivity index (χ4n) is 1.45. The zero-order chi connectivity index (χ0) is 15.2. The van der Waals surface area contributed by atoms with Crippen molar-refractivity contribution in [1.82, 2.24) is 10.6 Å². The molecule has 0 aromatic heterocycles. The maximum Gasteiger partial charge on any atom is 0.305 e. The molecule has 5 N–H and O–H groups in total. The molecule has 0 radical (unpaired) electrons. The van der Waals surface area contributed by atoms with E-state index in [0.29, 0.717) is 0 Å². The summed E-state index contributed by atoms with van der Waals surface area (Å²) in [5.41, 5.74) is 5.44. The van der Waals surface area contributed by atoms with Crippen LogP contribution in [0.2, 0.25) is 0 Å². The summed E-state index contributed by atoms with van der Waals surface area (Å²) < 4.78 is 0. The van der Waals surface area contributed by atoms with Gasteiger partial charge in [-0.05, 0) is 19.8 Å². The van der Waals surface area contributed by atoms with Gasteiger partial charge < -0.3 is 21.5 Å². The van der Waals surface area contributed by atoms with E-state index < -0.39 is 30.4 Å². The highest BCUT2D eigenvalue weighted by Crippen LogP contribution is 2.03. The maximum absolute atomic E-state index is 11.9. The minimum atomic E-state index is -1.16. The molecule has 0 aliphatic heterocycles. The van der Waals surface area contributed by atoms with E-state index >= 15 is 0 Å². The Hall–Kier alpha value is -1.63. The SMILES string of the molecule is CC(C)NC(=O)[C@@H](NC(=O)[C@@H](N)CC(=O)O)C(C)C. The normalized spacial score (nSPS) is 14.1. The zero-order valence-electron chi connectivity index (χ0n) is 11.8. The molecule has 0 aromatic carbocycles. The average molecular weight is 273 g/mol. The molecule has 0 bridgehead atoms. The van der Waals surface area contributed by atoms with Crippen molar-refractivity contribution in [1.29, 1.82) is 0 Å². The Morgan fingerprint density at radius 3 is 1.95 bits per heavy atom. The molecule has 2 atom stereocenters. The second-order valence-electron chi connectivity index (χ2n) is 5.10. The lowest BCUT2D eigenvalue weighted by molar-refractivity contribution is -0.139. The molecule has 0 rings (SSSR count). The fourth-order valence-corrected chi connectivity index (χ4v) is 1.45. The van der Waals surface area contributed by atoms with Gasteiger partial charge in [0.1, 0.15) is 6.04 Å². The quantitative estimate of drug-likeness (QED) is 0.496. The van der Waals surface area contributed by atoms with Crippen molar-refractivity contribution < 1.29 is 19.5 Å².